The number of nitro benzene ring substituents is 1. The van der Waals surface area contributed by atoms with Crippen molar-refractivity contribution in [1.82, 2.24) is 10.4 Å². The number of nitrogens with zero attached hydrogens (tertiary/aromatic N) is 2. The van der Waals surface area contributed by atoms with Crippen LogP contribution in [-0.2, 0) is 6.54 Å². The fourth-order valence-electron chi connectivity index (χ4n) is 1.24. The Kier molecular flexibility index (Phi) is 4.21. The molecule has 0 saturated heterocycles. The van der Waals surface area contributed by atoms with Gasteiger partial charge in [0.25, 0.3) is 0 Å². The number of nitrogens with one attached hydrogen (secondary N) is 1. The Morgan fingerprint density at radius 3 is 2.69 bits per heavy atom. The topological polar surface area (TPSA) is 67.6 Å². The smallest absolute Gasteiger partial charge is 0.311 e. The molecule has 1 N–H and O–H groups in total. The van der Waals surface area contributed by atoms with Gasteiger partial charge in [-0.05, 0) is 11.6 Å². The Bertz CT molecular complexity index is 380. The van der Waals surface area contributed by atoms with Crippen LogP contribution in [0.25, 0.3) is 0 Å². The summed E-state index contributed by atoms with van der Waals surface area (Å²) < 4.78 is 4.91. The van der Waals surface area contributed by atoms with Gasteiger partial charge in [-0.25, -0.2) is 0 Å². The van der Waals surface area contributed by atoms with Gasteiger partial charge in [-0.15, -0.1) is 0 Å². The molecule has 1 aromatic rings. The highest BCUT2D eigenvalue weighted by Crippen LogP contribution is 2.27. The fraction of sp³-hybridized carbons (Fsp3) is 0.400. The van der Waals surface area contributed by atoms with Crippen LogP contribution in [0.4, 0.5) is 5.69 Å². The molecule has 0 aliphatic carbocycles. The zero-order valence-corrected chi connectivity index (χ0v) is 9.56. The normalized spacial score (nSPS) is 10.5. The van der Waals surface area contributed by atoms with Crippen LogP contribution in [0.15, 0.2) is 18.2 Å². The SMILES string of the molecule is COc1ccc(CNN(C)C)cc1[N+](=O)[O-]. The summed E-state index contributed by atoms with van der Waals surface area (Å²) in [6.45, 7) is 0.540. The van der Waals surface area contributed by atoms with E-state index in [1.165, 1.54) is 13.2 Å². The molecule has 0 aliphatic rings. The zero-order valence-electron chi connectivity index (χ0n) is 9.56. The molecule has 0 amide bonds. The summed E-state index contributed by atoms with van der Waals surface area (Å²) in [6, 6.07) is 4.91. The molecule has 0 spiro atoms. The first-order chi connectivity index (χ1) is 7.54. The molecule has 0 atom stereocenters. The van der Waals surface area contributed by atoms with Crippen molar-refractivity contribution in [3.63, 3.8) is 0 Å². The highest BCUT2D eigenvalue weighted by atomic mass is 16.6. The minimum Gasteiger partial charge on any atom is -0.490 e. The second-order valence-electron chi connectivity index (χ2n) is 3.49. The number of hydrogen-bond donors (Lipinski definition) is 1. The van der Waals surface area contributed by atoms with Crippen LogP contribution in [-0.4, -0.2) is 31.1 Å². The van der Waals surface area contributed by atoms with Gasteiger partial charge in [0.05, 0.1) is 12.0 Å². The van der Waals surface area contributed by atoms with Crippen LogP contribution in [0.1, 0.15) is 5.56 Å². The molecule has 0 aromatic heterocycles. The number of benzene rings is 1. The second-order valence-corrected chi connectivity index (χ2v) is 3.49. The van der Waals surface area contributed by atoms with Gasteiger partial charge in [0.15, 0.2) is 5.75 Å². The molecule has 0 saturated carbocycles. The average Bonchev–Trinajstić information content (AvgIpc) is 2.25. The largest absolute Gasteiger partial charge is 0.490 e. The van der Waals surface area contributed by atoms with Crippen molar-refractivity contribution in [2.24, 2.45) is 0 Å². The Balaban J connectivity index is 2.89. The summed E-state index contributed by atoms with van der Waals surface area (Å²) in [7, 11) is 5.13. The standard InChI is InChI=1S/C10H15N3O3/c1-12(2)11-7-8-4-5-10(16-3)9(6-8)13(14)15/h4-6,11H,7H2,1-3H3. The van der Waals surface area contributed by atoms with Gasteiger partial charge in [-0.2, -0.15) is 0 Å². The van der Waals surface area contributed by atoms with Crippen molar-refractivity contribution in [2.45, 2.75) is 6.54 Å². The van der Waals surface area contributed by atoms with Crippen LogP contribution in [0.5, 0.6) is 5.75 Å². The Morgan fingerprint density at radius 1 is 1.50 bits per heavy atom. The average molecular weight is 225 g/mol. The van der Waals surface area contributed by atoms with Gasteiger partial charge >= 0.3 is 5.69 Å². The molecule has 16 heavy (non-hydrogen) atoms. The molecule has 0 radical (unpaired) electrons. The first-order valence-electron chi connectivity index (χ1n) is 4.76. The maximum Gasteiger partial charge on any atom is 0.311 e. The van der Waals surface area contributed by atoms with E-state index >= 15 is 0 Å². The number of ether oxygens (including phenoxy) is 1. The lowest BCUT2D eigenvalue weighted by Gasteiger charge is -2.12. The molecule has 6 nitrogen and oxygen atoms in total. The van der Waals surface area contributed by atoms with E-state index in [-0.39, 0.29) is 11.4 Å². The number of hydrogen-bond acceptors (Lipinski definition) is 5. The Labute approximate surface area is 93.9 Å². The van der Waals surface area contributed by atoms with Gasteiger partial charge in [0.1, 0.15) is 0 Å². The van der Waals surface area contributed by atoms with Crippen molar-refractivity contribution >= 4 is 5.69 Å². The van der Waals surface area contributed by atoms with Gasteiger partial charge in [-0.3, -0.25) is 20.5 Å². The molecule has 1 aromatic carbocycles. The molecule has 0 heterocycles. The molecule has 88 valence electrons. The number of hydrazine groups is 1. The van der Waals surface area contributed by atoms with Gasteiger partial charge < -0.3 is 4.74 Å². The van der Waals surface area contributed by atoms with E-state index in [0.29, 0.717) is 6.54 Å². The lowest BCUT2D eigenvalue weighted by molar-refractivity contribution is -0.385. The highest BCUT2D eigenvalue weighted by Gasteiger charge is 2.14. The summed E-state index contributed by atoms with van der Waals surface area (Å²) >= 11 is 0. The van der Waals surface area contributed by atoms with Crippen molar-refractivity contribution in [3.8, 4) is 5.75 Å². The van der Waals surface area contributed by atoms with E-state index < -0.39 is 4.92 Å². The fourth-order valence-corrected chi connectivity index (χ4v) is 1.24. The predicted molar refractivity (Wildman–Crippen MR) is 60.2 cm³/mol. The first kappa shape index (κ1) is 12.4. The lowest BCUT2D eigenvalue weighted by atomic mass is 10.2. The monoisotopic (exact) mass is 225 g/mol. The van der Waals surface area contributed by atoms with Gasteiger partial charge in [0.2, 0.25) is 0 Å². The molecular weight excluding hydrogens is 210 g/mol. The van der Waals surface area contributed by atoms with Crippen LogP contribution in [0.3, 0.4) is 0 Å². The molecule has 1 rings (SSSR count). The molecule has 0 unspecified atom stereocenters. The van der Waals surface area contributed by atoms with Crippen LogP contribution >= 0.6 is 0 Å². The third-order valence-corrected chi connectivity index (χ3v) is 2.04. The summed E-state index contributed by atoms with van der Waals surface area (Å²) in [5.41, 5.74) is 3.86. The minimum atomic E-state index is -0.446. The lowest BCUT2D eigenvalue weighted by Crippen LogP contribution is -2.29. The van der Waals surface area contributed by atoms with Crippen molar-refractivity contribution in [1.29, 1.82) is 0 Å². The summed E-state index contributed by atoms with van der Waals surface area (Å²) in [4.78, 5) is 10.3. The maximum atomic E-state index is 10.8. The van der Waals surface area contributed by atoms with Crippen LogP contribution in [0, 0.1) is 10.1 Å². The van der Waals surface area contributed by atoms with E-state index in [0.717, 1.165) is 5.56 Å². The highest BCUT2D eigenvalue weighted by molar-refractivity contribution is 5.48. The predicted octanol–water partition coefficient (Wildman–Crippen LogP) is 1.17. The van der Waals surface area contributed by atoms with E-state index in [4.69, 9.17) is 4.74 Å². The van der Waals surface area contributed by atoms with Crippen molar-refractivity contribution in [3.05, 3.63) is 33.9 Å². The third kappa shape index (κ3) is 3.18. The van der Waals surface area contributed by atoms with Crippen molar-refractivity contribution < 1.29 is 9.66 Å². The molecule has 0 aliphatic heterocycles. The van der Waals surface area contributed by atoms with E-state index in [1.54, 1.807) is 17.1 Å². The van der Waals surface area contributed by atoms with Gasteiger partial charge in [0, 0.05) is 26.7 Å². The number of nitro groups is 1. The van der Waals surface area contributed by atoms with Crippen molar-refractivity contribution in [2.75, 3.05) is 21.2 Å². The van der Waals surface area contributed by atoms with Crippen LogP contribution < -0.4 is 10.2 Å². The molecule has 0 bridgehead atoms. The minimum absolute atomic E-state index is 0.0134. The third-order valence-electron chi connectivity index (χ3n) is 2.04. The van der Waals surface area contributed by atoms with Gasteiger partial charge in [-0.1, -0.05) is 6.07 Å². The van der Waals surface area contributed by atoms with E-state index in [9.17, 15) is 10.1 Å². The maximum absolute atomic E-state index is 10.8. The van der Waals surface area contributed by atoms with Crippen LogP contribution in [0.2, 0.25) is 0 Å². The number of methoxy groups -OCH3 is 1. The summed E-state index contributed by atoms with van der Waals surface area (Å²) in [5, 5.41) is 12.6. The second kappa shape index (κ2) is 5.43. The summed E-state index contributed by atoms with van der Waals surface area (Å²) in [5.74, 6) is 0.276. The molecular formula is C10H15N3O3. The Morgan fingerprint density at radius 2 is 2.19 bits per heavy atom. The molecule has 0 fully saturated rings. The molecule has 6 heteroatoms. The first-order valence-corrected chi connectivity index (χ1v) is 4.76. The zero-order chi connectivity index (χ0) is 12.1. The number of rotatable bonds is 5. The summed E-state index contributed by atoms with van der Waals surface area (Å²) in [6.07, 6.45) is 0. The van der Waals surface area contributed by atoms with E-state index in [2.05, 4.69) is 5.43 Å². The Hall–Kier alpha value is -1.66. The van der Waals surface area contributed by atoms with E-state index in [1.807, 2.05) is 14.1 Å². The quantitative estimate of drug-likeness (QED) is 0.601.